The van der Waals surface area contributed by atoms with E-state index in [9.17, 15) is 9.90 Å². The number of aliphatic carboxylic acids is 1. The zero-order valence-corrected chi connectivity index (χ0v) is 13.5. The van der Waals surface area contributed by atoms with E-state index in [1.54, 1.807) is 0 Å². The average Bonchev–Trinajstić information content (AvgIpc) is 2.69. The second-order valence-corrected chi connectivity index (χ2v) is 6.81. The fraction of sp³-hybridized carbons (Fsp3) is 0.316. The molecule has 2 aromatic rings. The fourth-order valence-electron chi connectivity index (χ4n) is 4.05. The second-order valence-electron chi connectivity index (χ2n) is 6.37. The Balaban J connectivity index is 1.95. The van der Waals surface area contributed by atoms with Gasteiger partial charge in [-0.15, -0.1) is 0 Å². The van der Waals surface area contributed by atoms with Gasteiger partial charge in [-0.2, -0.15) is 0 Å². The summed E-state index contributed by atoms with van der Waals surface area (Å²) in [5, 5.41) is 10.4. The van der Waals surface area contributed by atoms with E-state index in [2.05, 4.69) is 23.1 Å². The van der Waals surface area contributed by atoms with E-state index in [1.807, 2.05) is 24.3 Å². The number of piperidine rings is 1. The number of carboxylic acids is 1. The first-order valence-electron chi connectivity index (χ1n) is 8.01. The molecule has 118 valence electrons. The maximum Gasteiger partial charge on any atom is 0.308 e. The van der Waals surface area contributed by atoms with Crippen LogP contribution in [0.4, 0.5) is 5.69 Å². The Morgan fingerprint density at radius 3 is 2.83 bits per heavy atom. The molecule has 0 saturated carbocycles. The van der Waals surface area contributed by atoms with E-state index in [-0.39, 0.29) is 12.0 Å². The summed E-state index contributed by atoms with van der Waals surface area (Å²) in [6, 6.07) is 14.1. The Morgan fingerprint density at radius 2 is 2.00 bits per heavy atom. The molecule has 2 atom stereocenters. The first-order valence-corrected chi connectivity index (χ1v) is 8.38. The molecule has 0 spiro atoms. The van der Waals surface area contributed by atoms with Gasteiger partial charge in [0.25, 0.3) is 0 Å². The van der Waals surface area contributed by atoms with Gasteiger partial charge in [0, 0.05) is 17.3 Å². The predicted molar refractivity (Wildman–Crippen MR) is 91.1 cm³/mol. The van der Waals surface area contributed by atoms with Gasteiger partial charge in [-0.25, -0.2) is 0 Å². The molecule has 2 aliphatic rings. The number of hydrogen-bond donors (Lipinski definition) is 1. The molecule has 2 heterocycles. The van der Waals surface area contributed by atoms with Crippen molar-refractivity contribution in [1.82, 2.24) is 0 Å². The highest BCUT2D eigenvalue weighted by molar-refractivity contribution is 6.30. The minimum atomic E-state index is -0.708. The molecular weight excluding hydrogens is 310 g/mol. The monoisotopic (exact) mass is 327 g/mol. The third kappa shape index (κ3) is 2.40. The minimum absolute atomic E-state index is 0.114. The number of hydrogen-bond acceptors (Lipinski definition) is 2. The molecule has 23 heavy (non-hydrogen) atoms. The summed E-state index contributed by atoms with van der Waals surface area (Å²) in [6.07, 6.45) is 2.43. The highest BCUT2D eigenvalue weighted by atomic mass is 35.5. The molecule has 3 nitrogen and oxygen atoms in total. The molecule has 0 aromatic heterocycles. The molecular formula is C19H18ClNO2. The van der Waals surface area contributed by atoms with Crippen LogP contribution in [0.3, 0.4) is 0 Å². The summed E-state index contributed by atoms with van der Waals surface area (Å²) in [6.45, 7) is 0.871. The zero-order chi connectivity index (χ0) is 16.0. The Kier molecular flexibility index (Phi) is 3.53. The van der Waals surface area contributed by atoms with Crippen LogP contribution >= 0.6 is 11.6 Å². The van der Waals surface area contributed by atoms with Crippen molar-refractivity contribution in [2.24, 2.45) is 5.92 Å². The Labute approximate surface area is 140 Å². The van der Waals surface area contributed by atoms with Gasteiger partial charge < -0.3 is 10.0 Å². The van der Waals surface area contributed by atoms with E-state index in [4.69, 9.17) is 11.6 Å². The Bertz CT molecular complexity index is 774. The van der Waals surface area contributed by atoms with Gasteiger partial charge in [0.05, 0.1) is 12.0 Å². The van der Waals surface area contributed by atoms with Crippen LogP contribution in [0.15, 0.2) is 42.5 Å². The summed E-state index contributed by atoms with van der Waals surface area (Å²) in [5.41, 5.74) is 4.67. The highest BCUT2D eigenvalue weighted by Gasteiger charge is 2.40. The molecule has 0 aliphatic carbocycles. The van der Waals surface area contributed by atoms with Gasteiger partial charge in [0.2, 0.25) is 0 Å². The van der Waals surface area contributed by atoms with Crippen molar-refractivity contribution < 1.29 is 9.90 Å². The van der Waals surface area contributed by atoms with Gasteiger partial charge in [-0.1, -0.05) is 41.9 Å². The van der Waals surface area contributed by atoms with E-state index in [0.717, 1.165) is 37.1 Å². The molecule has 2 aromatic carbocycles. The van der Waals surface area contributed by atoms with Gasteiger partial charge in [-0.05, 0) is 48.1 Å². The van der Waals surface area contributed by atoms with Crippen molar-refractivity contribution in [3.8, 4) is 0 Å². The highest BCUT2D eigenvalue weighted by Crippen LogP contribution is 2.45. The smallest absolute Gasteiger partial charge is 0.308 e. The molecule has 4 heteroatoms. The van der Waals surface area contributed by atoms with E-state index in [0.29, 0.717) is 5.02 Å². The number of halogens is 1. The van der Waals surface area contributed by atoms with E-state index >= 15 is 0 Å². The summed E-state index contributed by atoms with van der Waals surface area (Å²) in [5.74, 6) is -1.09. The molecule has 0 radical (unpaired) electrons. The predicted octanol–water partition coefficient (Wildman–Crippen LogP) is 4.29. The molecule has 1 fully saturated rings. The Hall–Kier alpha value is -2.00. The van der Waals surface area contributed by atoms with Crippen LogP contribution in [-0.4, -0.2) is 17.6 Å². The molecule has 0 bridgehead atoms. The first kappa shape index (κ1) is 14.6. The lowest BCUT2D eigenvalue weighted by molar-refractivity contribution is -0.143. The van der Waals surface area contributed by atoms with Crippen LogP contribution in [-0.2, 0) is 11.2 Å². The molecule has 0 unspecified atom stereocenters. The summed E-state index contributed by atoms with van der Waals surface area (Å²) in [4.78, 5) is 14.1. The number of rotatable bonds is 1. The van der Waals surface area contributed by atoms with Crippen molar-refractivity contribution in [3.05, 3.63) is 64.2 Å². The second kappa shape index (κ2) is 5.57. The minimum Gasteiger partial charge on any atom is -0.481 e. The van der Waals surface area contributed by atoms with Crippen LogP contribution in [0, 0.1) is 5.92 Å². The standard InChI is InChI=1S/C19H18ClNO2/c20-14-8-7-13-10-12-4-1-2-5-15(12)18-16(19(22)23)6-3-9-21(18)17(13)11-14/h1-2,4-5,7-8,11,16,18H,3,6,9-10H2,(H,22,23)/t16-,18-/m0/s1. The zero-order valence-electron chi connectivity index (χ0n) is 12.7. The molecule has 0 amide bonds. The molecule has 4 rings (SSSR count). The van der Waals surface area contributed by atoms with Crippen LogP contribution < -0.4 is 4.90 Å². The fourth-order valence-corrected chi connectivity index (χ4v) is 4.22. The van der Waals surface area contributed by atoms with Crippen molar-refractivity contribution in [1.29, 1.82) is 0 Å². The van der Waals surface area contributed by atoms with E-state index < -0.39 is 5.97 Å². The van der Waals surface area contributed by atoms with Crippen molar-refractivity contribution in [2.45, 2.75) is 25.3 Å². The van der Waals surface area contributed by atoms with Gasteiger partial charge >= 0.3 is 5.97 Å². The molecule has 2 aliphatic heterocycles. The maximum absolute atomic E-state index is 11.9. The number of fused-ring (bicyclic) bond motifs is 5. The SMILES string of the molecule is O=C(O)[C@H]1CCCN2c3cc(Cl)ccc3Cc3ccccc3[C@@H]12. The summed E-state index contributed by atoms with van der Waals surface area (Å²) >= 11 is 6.23. The lowest BCUT2D eigenvalue weighted by atomic mass is 9.83. The average molecular weight is 328 g/mol. The van der Waals surface area contributed by atoms with E-state index in [1.165, 1.54) is 11.1 Å². The molecule has 1 saturated heterocycles. The number of benzene rings is 2. The van der Waals surface area contributed by atoms with Crippen molar-refractivity contribution in [3.63, 3.8) is 0 Å². The third-order valence-corrected chi connectivity index (χ3v) is 5.29. The number of carboxylic acid groups (broad SMARTS) is 1. The number of anilines is 1. The van der Waals surface area contributed by atoms with Gasteiger partial charge in [0.15, 0.2) is 0 Å². The van der Waals surface area contributed by atoms with Gasteiger partial charge in [0.1, 0.15) is 0 Å². The Morgan fingerprint density at radius 1 is 1.17 bits per heavy atom. The molecule has 1 N–H and O–H groups in total. The van der Waals surface area contributed by atoms with Gasteiger partial charge in [-0.3, -0.25) is 4.79 Å². The topological polar surface area (TPSA) is 40.5 Å². The summed E-state index contributed by atoms with van der Waals surface area (Å²) < 4.78 is 0. The van der Waals surface area contributed by atoms with Crippen LogP contribution in [0.25, 0.3) is 0 Å². The maximum atomic E-state index is 11.9. The van der Waals surface area contributed by atoms with Crippen molar-refractivity contribution in [2.75, 3.05) is 11.4 Å². The lowest BCUT2D eigenvalue weighted by Gasteiger charge is -2.41. The van der Waals surface area contributed by atoms with Crippen molar-refractivity contribution >= 4 is 23.3 Å². The first-order chi connectivity index (χ1) is 11.1. The largest absolute Gasteiger partial charge is 0.481 e. The number of carbonyl (C=O) groups is 1. The third-order valence-electron chi connectivity index (χ3n) is 5.06. The quantitative estimate of drug-likeness (QED) is 0.849. The summed E-state index contributed by atoms with van der Waals surface area (Å²) in [7, 11) is 0. The lowest BCUT2D eigenvalue weighted by Crippen LogP contribution is -2.42. The van der Waals surface area contributed by atoms with Crippen LogP contribution in [0.2, 0.25) is 5.02 Å². The normalized spacial score (nSPS) is 22.6. The number of nitrogens with zero attached hydrogens (tertiary/aromatic N) is 1. The van der Waals surface area contributed by atoms with Crippen LogP contribution in [0.5, 0.6) is 0 Å². The van der Waals surface area contributed by atoms with Crippen LogP contribution in [0.1, 0.15) is 35.6 Å².